The van der Waals surface area contributed by atoms with Crippen molar-refractivity contribution in [2.75, 3.05) is 6.61 Å². The van der Waals surface area contributed by atoms with Gasteiger partial charge in [0, 0.05) is 0 Å². The minimum absolute atomic E-state index is 0.132. The summed E-state index contributed by atoms with van der Waals surface area (Å²) in [5, 5.41) is 8.75. The first kappa shape index (κ1) is 8.48. The van der Waals surface area contributed by atoms with Crippen LogP contribution in [0.15, 0.2) is 0 Å². The molecule has 0 spiro atoms. The van der Waals surface area contributed by atoms with Gasteiger partial charge in [-0.1, -0.05) is 5.92 Å². The fourth-order valence-electron chi connectivity index (χ4n) is 0.332. The molecule has 0 unspecified atom stereocenters. The van der Waals surface area contributed by atoms with Gasteiger partial charge in [0.2, 0.25) is 0 Å². The van der Waals surface area contributed by atoms with Crippen molar-refractivity contribution in [1.82, 2.24) is 0 Å². The molecule has 1 N–H and O–H groups in total. The van der Waals surface area contributed by atoms with E-state index >= 15 is 0 Å². The second-order valence-corrected chi connectivity index (χ2v) is 2.06. The molecule has 0 aromatic heterocycles. The van der Waals surface area contributed by atoms with Crippen molar-refractivity contribution in [1.29, 1.82) is 0 Å². The third kappa shape index (κ3) is 5.35. The fourth-order valence-corrected chi connectivity index (χ4v) is 0.332. The van der Waals surface area contributed by atoms with Crippen molar-refractivity contribution in [3.05, 3.63) is 0 Å². The summed E-state index contributed by atoms with van der Waals surface area (Å²) in [6.45, 7) is 4.01. The van der Waals surface area contributed by atoms with Crippen molar-refractivity contribution in [3.8, 4) is 12.3 Å². The highest BCUT2D eigenvalue weighted by Crippen LogP contribution is 1.89. The molecule has 0 amide bonds. The number of rotatable bonds is 3. The second kappa shape index (κ2) is 4.37. The van der Waals surface area contributed by atoms with E-state index in [0.717, 1.165) is 0 Å². The number of aliphatic hydroxyl groups is 1. The quantitative estimate of drug-likeness (QED) is 0.558. The molecule has 0 fully saturated rings. The van der Waals surface area contributed by atoms with Crippen LogP contribution < -0.4 is 0 Å². The van der Waals surface area contributed by atoms with Gasteiger partial charge in [0.1, 0.15) is 6.10 Å². The number of hydrogen-bond donors (Lipinski definition) is 1. The highest BCUT2D eigenvalue weighted by atomic mass is 16.5. The highest BCUT2D eigenvalue weighted by Gasteiger charge is 1.99. The molecule has 0 saturated heterocycles. The summed E-state index contributed by atoms with van der Waals surface area (Å²) in [4.78, 5) is 0. The number of ether oxygens (including phenoxy) is 1. The first-order valence-electron chi connectivity index (χ1n) is 2.92. The molecule has 1 atom stereocenters. The van der Waals surface area contributed by atoms with Crippen LogP contribution in [0.1, 0.15) is 13.8 Å². The van der Waals surface area contributed by atoms with Crippen molar-refractivity contribution < 1.29 is 9.84 Å². The molecule has 0 aromatic rings. The molecule has 0 radical (unpaired) electrons. The average Bonchev–Trinajstić information content (AvgIpc) is 1.83. The average molecular weight is 128 g/mol. The van der Waals surface area contributed by atoms with Gasteiger partial charge in [-0.15, -0.1) is 6.42 Å². The summed E-state index contributed by atoms with van der Waals surface area (Å²) in [5.41, 5.74) is 0. The summed E-state index contributed by atoms with van der Waals surface area (Å²) in [7, 11) is 0. The van der Waals surface area contributed by atoms with Crippen LogP contribution in [0, 0.1) is 12.3 Å². The van der Waals surface area contributed by atoms with E-state index < -0.39 is 6.10 Å². The Bertz CT molecular complexity index is 102. The molecule has 2 nitrogen and oxygen atoms in total. The zero-order valence-corrected chi connectivity index (χ0v) is 5.79. The molecule has 0 heterocycles. The Labute approximate surface area is 55.8 Å². The zero-order valence-electron chi connectivity index (χ0n) is 5.79. The van der Waals surface area contributed by atoms with E-state index in [2.05, 4.69) is 5.92 Å². The predicted octanol–water partition coefficient (Wildman–Crippen LogP) is 0.405. The first-order valence-corrected chi connectivity index (χ1v) is 2.92. The van der Waals surface area contributed by atoms with Gasteiger partial charge in [0.15, 0.2) is 0 Å². The van der Waals surface area contributed by atoms with E-state index in [1.54, 1.807) is 0 Å². The zero-order chi connectivity index (χ0) is 7.28. The summed E-state index contributed by atoms with van der Waals surface area (Å²) >= 11 is 0. The van der Waals surface area contributed by atoms with E-state index in [4.69, 9.17) is 16.3 Å². The van der Waals surface area contributed by atoms with E-state index in [1.807, 2.05) is 13.8 Å². The molecule has 0 bridgehead atoms. The normalized spacial score (nSPS) is 13.2. The Morgan fingerprint density at radius 3 is 2.56 bits per heavy atom. The molecule has 0 saturated carbocycles. The lowest BCUT2D eigenvalue weighted by Gasteiger charge is -2.07. The SMILES string of the molecule is C#C[C@H](O)COC(C)C. The Hall–Kier alpha value is -0.520. The topological polar surface area (TPSA) is 29.5 Å². The largest absolute Gasteiger partial charge is 0.378 e. The molecule has 52 valence electrons. The molecular weight excluding hydrogens is 116 g/mol. The van der Waals surface area contributed by atoms with Crippen LogP contribution in [0.25, 0.3) is 0 Å². The molecule has 0 aliphatic carbocycles. The van der Waals surface area contributed by atoms with Crippen molar-refractivity contribution in [3.63, 3.8) is 0 Å². The van der Waals surface area contributed by atoms with Gasteiger partial charge in [-0.2, -0.15) is 0 Å². The third-order valence-corrected chi connectivity index (χ3v) is 0.780. The standard InChI is InChI=1S/C7H12O2/c1-4-7(8)5-9-6(2)3/h1,6-8H,5H2,2-3H3/t7-/m0/s1. The summed E-state index contributed by atoms with van der Waals surface area (Å²) in [6, 6.07) is 0. The lowest BCUT2D eigenvalue weighted by molar-refractivity contribution is 0.0273. The van der Waals surface area contributed by atoms with Crippen LogP contribution in [0.5, 0.6) is 0 Å². The van der Waals surface area contributed by atoms with Crippen LogP contribution in [0.2, 0.25) is 0 Å². The maximum absolute atomic E-state index is 8.75. The molecule has 9 heavy (non-hydrogen) atoms. The Kier molecular flexibility index (Phi) is 4.12. The minimum Gasteiger partial charge on any atom is -0.378 e. The first-order chi connectivity index (χ1) is 4.16. The summed E-state index contributed by atoms with van der Waals surface area (Å²) in [5.74, 6) is 2.15. The predicted molar refractivity (Wildman–Crippen MR) is 35.9 cm³/mol. The van der Waals surface area contributed by atoms with Crippen LogP contribution >= 0.6 is 0 Å². The van der Waals surface area contributed by atoms with Gasteiger partial charge in [-0.05, 0) is 13.8 Å². The molecule has 2 heteroatoms. The molecule has 0 aromatic carbocycles. The molecule has 0 aliphatic rings. The van der Waals surface area contributed by atoms with Crippen molar-refractivity contribution in [2.24, 2.45) is 0 Å². The van der Waals surface area contributed by atoms with Gasteiger partial charge >= 0.3 is 0 Å². The smallest absolute Gasteiger partial charge is 0.137 e. The van der Waals surface area contributed by atoms with E-state index in [9.17, 15) is 0 Å². The molecular formula is C7H12O2. The number of aliphatic hydroxyl groups excluding tert-OH is 1. The summed E-state index contributed by atoms with van der Waals surface area (Å²) in [6.07, 6.45) is 4.25. The summed E-state index contributed by atoms with van der Waals surface area (Å²) < 4.78 is 5.00. The van der Waals surface area contributed by atoms with Gasteiger partial charge in [-0.3, -0.25) is 0 Å². The van der Waals surface area contributed by atoms with Crippen molar-refractivity contribution in [2.45, 2.75) is 26.1 Å². The maximum atomic E-state index is 8.75. The van der Waals surface area contributed by atoms with Crippen LogP contribution in [-0.2, 0) is 4.74 Å². The molecule has 0 aliphatic heterocycles. The van der Waals surface area contributed by atoms with E-state index in [-0.39, 0.29) is 12.7 Å². The third-order valence-electron chi connectivity index (χ3n) is 0.780. The number of terminal acetylenes is 1. The number of hydrogen-bond acceptors (Lipinski definition) is 2. The van der Waals surface area contributed by atoms with Gasteiger partial charge < -0.3 is 9.84 Å². The lowest BCUT2D eigenvalue weighted by Crippen LogP contribution is -2.15. The minimum atomic E-state index is -0.757. The fraction of sp³-hybridized carbons (Fsp3) is 0.714. The Morgan fingerprint density at radius 1 is 1.67 bits per heavy atom. The van der Waals surface area contributed by atoms with Gasteiger partial charge in [0.25, 0.3) is 0 Å². The second-order valence-electron chi connectivity index (χ2n) is 2.06. The van der Waals surface area contributed by atoms with Crippen molar-refractivity contribution >= 4 is 0 Å². The highest BCUT2D eigenvalue weighted by molar-refractivity contribution is 4.92. The van der Waals surface area contributed by atoms with Gasteiger partial charge in [-0.25, -0.2) is 0 Å². The van der Waals surface area contributed by atoms with E-state index in [1.165, 1.54) is 0 Å². The van der Waals surface area contributed by atoms with E-state index in [0.29, 0.717) is 0 Å². The Morgan fingerprint density at radius 2 is 2.22 bits per heavy atom. The lowest BCUT2D eigenvalue weighted by atomic mass is 10.4. The maximum Gasteiger partial charge on any atom is 0.137 e. The van der Waals surface area contributed by atoms with Gasteiger partial charge in [0.05, 0.1) is 12.7 Å². The van der Waals surface area contributed by atoms with Crippen LogP contribution in [0.3, 0.4) is 0 Å². The molecule has 0 rings (SSSR count). The van der Waals surface area contributed by atoms with Crippen LogP contribution in [-0.4, -0.2) is 23.9 Å². The monoisotopic (exact) mass is 128 g/mol. The van der Waals surface area contributed by atoms with Crippen LogP contribution in [0.4, 0.5) is 0 Å². The Balaban J connectivity index is 3.19.